The Kier molecular flexibility index (Phi) is 5.28. The zero-order valence-corrected chi connectivity index (χ0v) is 17.7. The average Bonchev–Trinajstić information content (AvgIpc) is 2.82. The van der Waals surface area contributed by atoms with Gasteiger partial charge in [0.2, 0.25) is 0 Å². The molecule has 3 N–H and O–H groups in total. The summed E-state index contributed by atoms with van der Waals surface area (Å²) in [4.78, 5) is 14.7. The fourth-order valence-electron chi connectivity index (χ4n) is 5.08. The lowest BCUT2D eigenvalue weighted by Crippen LogP contribution is -2.39. The van der Waals surface area contributed by atoms with E-state index in [0.29, 0.717) is 22.8 Å². The molecule has 1 fully saturated rings. The maximum atomic E-state index is 12.2. The van der Waals surface area contributed by atoms with Crippen molar-refractivity contribution in [1.82, 2.24) is 5.01 Å². The third-order valence-corrected chi connectivity index (χ3v) is 7.81. The number of hydrogen-bond acceptors (Lipinski definition) is 4. The first-order valence-electron chi connectivity index (χ1n) is 9.83. The van der Waals surface area contributed by atoms with Crippen molar-refractivity contribution in [3.8, 4) is 0 Å². The second-order valence-electron chi connectivity index (χ2n) is 10.1. The van der Waals surface area contributed by atoms with Gasteiger partial charge in [0.05, 0.1) is 5.56 Å². The standard InChI is InChI=1S/C21H34N2O2S/c1-20(2)8-6-14(13(10-20)12-23(5)22)18-17(19(24)25)15-11-21(3,4)9-7-16(15)26-18/h13-14H,6-12,22H2,1-5H3,(H,24,25)/t13-,14-/m0/s1. The Hall–Kier alpha value is -0.910. The van der Waals surface area contributed by atoms with Gasteiger partial charge in [-0.1, -0.05) is 27.7 Å². The maximum Gasteiger partial charge on any atom is 0.337 e. The van der Waals surface area contributed by atoms with Crippen LogP contribution in [-0.4, -0.2) is 29.7 Å². The number of nitrogens with two attached hydrogens (primary N) is 1. The summed E-state index contributed by atoms with van der Waals surface area (Å²) in [6.07, 6.45) is 6.37. The van der Waals surface area contributed by atoms with E-state index in [2.05, 4.69) is 27.7 Å². The van der Waals surface area contributed by atoms with Gasteiger partial charge in [-0.3, -0.25) is 5.84 Å². The minimum absolute atomic E-state index is 0.195. The van der Waals surface area contributed by atoms with E-state index >= 15 is 0 Å². The summed E-state index contributed by atoms with van der Waals surface area (Å²) in [6.45, 7) is 9.99. The molecule has 146 valence electrons. The lowest BCUT2D eigenvalue weighted by Gasteiger charge is -2.41. The third kappa shape index (κ3) is 4.00. The lowest BCUT2D eigenvalue weighted by atomic mass is 9.66. The van der Waals surface area contributed by atoms with E-state index in [1.807, 2.05) is 7.05 Å². The highest BCUT2D eigenvalue weighted by atomic mass is 32.1. The van der Waals surface area contributed by atoms with E-state index < -0.39 is 5.97 Å². The molecule has 2 aliphatic carbocycles. The molecule has 0 amide bonds. The molecular formula is C21H34N2O2S. The molecule has 26 heavy (non-hydrogen) atoms. The number of carboxylic acid groups (broad SMARTS) is 1. The van der Waals surface area contributed by atoms with Crippen molar-refractivity contribution in [3.63, 3.8) is 0 Å². The predicted octanol–water partition coefficient (Wildman–Crippen LogP) is 4.68. The smallest absolute Gasteiger partial charge is 0.337 e. The second-order valence-corrected chi connectivity index (χ2v) is 11.2. The van der Waals surface area contributed by atoms with Crippen molar-refractivity contribution in [3.05, 3.63) is 20.9 Å². The first-order valence-corrected chi connectivity index (χ1v) is 10.6. The molecular weight excluding hydrogens is 344 g/mol. The number of aryl methyl sites for hydroxylation is 1. The fourth-order valence-corrected chi connectivity index (χ4v) is 6.62. The monoisotopic (exact) mass is 378 g/mol. The predicted molar refractivity (Wildman–Crippen MR) is 108 cm³/mol. The maximum absolute atomic E-state index is 12.2. The van der Waals surface area contributed by atoms with Gasteiger partial charge in [-0.15, -0.1) is 11.3 Å². The minimum Gasteiger partial charge on any atom is -0.478 e. The second kappa shape index (κ2) is 6.92. The van der Waals surface area contributed by atoms with E-state index in [1.54, 1.807) is 16.3 Å². The van der Waals surface area contributed by atoms with Crippen LogP contribution in [0.3, 0.4) is 0 Å². The fraction of sp³-hybridized carbons (Fsp3) is 0.762. The van der Waals surface area contributed by atoms with Gasteiger partial charge in [-0.25, -0.2) is 9.80 Å². The summed E-state index contributed by atoms with van der Waals surface area (Å²) in [5.41, 5.74) is 2.26. The van der Waals surface area contributed by atoms with Crippen LogP contribution in [0, 0.1) is 16.7 Å². The van der Waals surface area contributed by atoms with Gasteiger partial charge >= 0.3 is 5.97 Å². The molecule has 3 rings (SSSR count). The van der Waals surface area contributed by atoms with Gasteiger partial charge in [-0.05, 0) is 66.8 Å². The van der Waals surface area contributed by atoms with Crippen LogP contribution in [0.25, 0.3) is 0 Å². The van der Waals surface area contributed by atoms with Crippen LogP contribution in [0.1, 0.15) is 85.0 Å². The largest absolute Gasteiger partial charge is 0.478 e. The van der Waals surface area contributed by atoms with E-state index in [-0.39, 0.29) is 5.41 Å². The van der Waals surface area contributed by atoms with Gasteiger partial charge in [0, 0.05) is 23.3 Å². The summed E-state index contributed by atoms with van der Waals surface area (Å²) in [6, 6.07) is 0. The summed E-state index contributed by atoms with van der Waals surface area (Å²) < 4.78 is 0. The number of carbonyl (C=O) groups is 1. The molecule has 5 heteroatoms. The number of carboxylic acids is 1. The average molecular weight is 379 g/mol. The highest BCUT2D eigenvalue weighted by molar-refractivity contribution is 7.12. The highest BCUT2D eigenvalue weighted by Crippen LogP contribution is 2.51. The molecule has 0 spiro atoms. The molecule has 0 unspecified atom stereocenters. The molecule has 0 aliphatic heterocycles. The zero-order valence-electron chi connectivity index (χ0n) is 16.9. The molecule has 4 nitrogen and oxygen atoms in total. The highest BCUT2D eigenvalue weighted by Gasteiger charge is 2.41. The summed E-state index contributed by atoms with van der Waals surface area (Å²) in [5.74, 6) is 6.00. The number of nitrogens with zero attached hydrogens (tertiary/aromatic N) is 1. The summed E-state index contributed by atoms with van der Waals surface area (Å²) >= 11 is 1.79. The molecule has 1 aromatic heterocycles. The Morgan fingerprint density at radius 1 is 1.27 bits per heavy atom. The Morgan fingerprint density at radius 2 is 1.96 bits per heavy atom. The Labute approximate surface area is 161 Å². The van der Waals surface area contributed by atoms with Crippen LogP contribution >= 0.6 is 11.3 Å². The normalized spacial score (nSPS) is 27.3. The molecule has 0 aromatic carbocycles. The van der Waals surface area contributed by atoms with Crippen molar-refractivity contribution in [2.24, 2.45) is 22.6 Å². The van der Waals surface area contributed by atoms with E-state index in [1.165, 1.54) is 4.88 Å². The van der Waals surface area contributed by atoms with Crippen molar-refractivity contribution in [2.45, 2.75) is 72.1 Å². The van der Waals surface area contributed by atoms with E-state index in [0.717, 1.165) is 55.5 Å². The van der Waals surface area contributed by atoms with E-state index in [4.69, 9.17) is 5.84 Å². The lowest BCUT2D eigenvalue weighted by molar-refractivity contribution is 0.0690. The third-order valence-electron chi connectivity index (χ3n) is 6.39. The van der Waals surface area contributed by atoms with Crippen LogP contribution < -0.4 is 5.84 Å². The quantitative estimate of drug-likeness (QED) is 0.590. The van der Waals surface area contributed by atoms with Crippen molar-refractivity contribution in [2.75, 3.05) is 13.6 Å². The number of thiophene rings is 1. The molecule has 1 aromatic rings. The van der Waals surface area contributed by atoms with Crippen LogP contribution in [0.4, 0.5) is 0 Å². The Balaban J connectivity index is 2.02. The van der Waals surface area contributed by atoms with Gasteiger partial charge < -0.3 is 5.11 Å². The van der Waals surface area contributed by atoms with Crippen molar-refractivity contribution in [1.29, 1.82) is 0 Å². The SMILES string of the molecule is CN(N)C[C@@H]1CC(C)(C)CC[C@@H]1c1sc2c(c1C(=O)O)CC(C)(C)CC2. The molecule has 2 atom stereocenters. The minimum atomic E-state index is -0.736. The van der Waals surface area contributed by atoms with E-state index in [9.17, 15) is 9.90 Å². The first-order chi connectivity index (χ1) is 12.0. The number of aromatic carboxylic acids is 1. The number of hydrogen-bond donors (Lipinski definition) is 2. The Morgan fingerprint density at radius 3 is 2.58 bits per heavy atom. The van der Waals surface area contributed by atoms with Crippen molar-refractivity contribution < 1.29 is 9.90 Å². The van der Waals surface area contributed by atoms with Crippen molar-refractivity contribution >= 4 is 17.3 Å². The zero-order chi connectivity index (χ0) is 19.3. The molecule has 1 heterocycles. The van der Waals surface area contributed by atoms with Crippen LogP contribution in [-0.2, 0) is 12.8 Å². The van der Waals surface area contributed by atoms with Gasteiger partial charge in [0.15, 0.2) is 0 Å². The van der Waals surface area contributed by atoms with Crippen LogP contribution in [0.15, 0.2) is 0 Å². The number of fused-ring (bicyclic) bond motifs is 1. The van der Waals surface area contributed by atoms with Gasteiger partial charge in [-0.2, -0.15) is 0 Å². The van der Waals surface area contributed by atoms with Gasteiger partial charge in [0.1, 0.15) is 0 Å². The number of rotatable bonds is 4. The summed E-state index contributed by atoms with van der Waals surface area (Å²) in [7, 11) is 1.92. The van der Waals surface area contributed by atoms with Gasteiger partial charge in [0.25, 0.3) is 0 Å². The number of hydrazine groups is 1. The summed E-state index contributed by atoms with van der Waals surface area (Å²) in [5, 5.41) is 11.8. The molecule has 1 saturated carbocycles. The molecule has 2 aliphatic rings. The molecule has 0 saturated heterocycles. The van der Waals surface area contributed by atoms with Crippen LogP contribution in [0.2, 0.25) is 0 Å². The topological polar surface area (TPSA) is 66.6 Å². The Bertz CT molecular complexity index is 690. The molecule has 0 bridgehead atoms. The first kappa shape index (κ1) is 19.8. The van der Waals surface area contributed by atoms with Crippen LogP contribution in [0.5, 0.6) is 0 Å². The molecule has 0 radical (unpaired) electrons.